The Hall–Kier alpha value is -1.99. The summed E-state index contributed by atoms with van der Waals surface area (Å²) in [5.41, 5.74) is 1.26. The minimum atomic E-state index is -2.73. The molecule has 0 saturated carbocycles. The van der Waals surface area contributed by atoms with Gasteiger partial charge in [-0.15, -0.1) is 0 Å². The van der Waals surface area contributed by atoms with E-state index in [9.17, 15) is 18.4 Å². The Kier molecular flexibility index (Phi) is 5.90. The number of carbonyl (C=O) groups excluding carboxylic acids is 1. The lowest BCUT2D eigenvalue weighted by Crippen LogP contribution is -2.44. The molecule has 1 aromatic rings. The second-order valence-corrected chi connectivity index (χ2v) is 6.22. The topological polar surface area (TPSA) is 75.4 Å². The van der Waals surface area contributed by atoms with Crippen molar-refractivity contribution in [2.45, 2.75) is 65.0 Å². The molecule has 2 heterocycles. The normalized spacial score (nSPS) is 18.2. The number of likely N-dealkylation sites (tertiary alicyclic amines) is 1. The van der Waals surface area contributed by atoms with Gasteiger partial charge in [0.15, 0.2) is 0 Å². The van der Waals surface area contributed by atoms with E-state index in [0.717, 1.165) is 19.3 Å². The third-order valence-corrected chi connectivity index (χ3v) is 4.63. The SMILES string of the molecule is Cc1nn(C(F)F)c(C)c1CC(=O)N1CCCCC1CCC(=O)O. The summed E-state index contributed by atoms with van der Waals surface area (Å²) in [7, 11) is 0. The third-order valence-electron chi connectivity index (χ3n) is 4.63. The lowest BCUT2D eigenvalue weighted by Gasteiger charge is -2.35. The van der Waals surface area contributed by atoms with Crippen LogP contribution in [0.3, 0.4) is 0 Å². The van der Waals surface area contributed by atoms with Crippen molar-refractivity contribution in [1.82, 2.24) is 14.7 Å². The molecule has 0 spiro atoms. The second-order valence-electron chi connectivity index (χ2n) is 6.22. The van der Waals surface area contributed by atoms with Crippen molar-refractivity contribution in [2.75, 3.05) is 6.54 Å². The predicted molar refractivity (Wildman–Crippen MR) is 82.9 cm³/mol. The van der Waals surface area contributed by atoms with E-state index < -0.39 is 12.5 Å². The average Bonchev–Trinajstić information content (AvgIpc) is 2.81. The molecule has 1 aromatic heterocycles. The lowest BCUT2D eigenvalue weighted by molar-refractivity contribution is -0.139. The van der Waals surface area contributed by atoms with Crippen LogP contribution in [-0.4, -0.2) is 44.3 Å². The summed E-state index contributed by atoms with van der Waals surface area (Å²) >= 11 is 0. The maximum absolute atomic E-state index is 12.9. The summed E-state index contributed by atoms with van der Waals surface area (Å²) in [6.45, 7) is 1.01. The number of hydrogen-bond acceptors (Lipinski definition) is 3. The van der Waals surface area contributed by atoms with E-state index in [-0.39, 0.29) is 24.8 Å². The van der Waals surface area contributed by atoms with E-state index in [4.69, 9.17) is 5.11 Å². The molecule has 1 unspecified atom stereocenters. The van der Waals surface area contributed by atoms with E-state index >= 15 is 0 Å². The van der Waals surface area contributed by atoms with E-state index in [1.165, 1.54) is 6.92 Å². The number of carboxylic acids is 1. The first-order valence-corrected chi connectivity index (χ1v) is 8.15. The highest BCUT2D eigenvalue weighted by atomic mass is 19.3. The zero-order chi connectivity index (χ0) is 17.9. The fraction of sp³-hybridized carbons (Fsp3) is 0.688. The highest BCUT2D eigenvalue weighted by Gasteiger charge is 2.28. The Morgan fingerprint density at radius 1 is 1.33 bits per heavy atom. The highest BCUT2D eigenvalue weighted by molar-refractivity contribution is 5.80. The number of hydrogen-bond donors (Lipinski definition) is 1. The molecule has 0 aliphatic carbocycles. The van der Waals surface area contributed by atoms with Crippen molar-refractivity contribution in [3.63, 3.8) is 0 Å². The van der Waals surface area contributed by atoms with Crippen LogP contribution in [0.5, 0.6) is 0 Å². The standard InChI is InChI=1S/C16H23F2N3O3/c1-10-13(11(2)21(19-10)16(17)18)9-14(22)20-8-4-3-5-12(20)6-7-15(23)24/h12,16H,3-9H2,1-2H3,(H,23,24). The van der Waals surface area contributed by atoms with Crippen molar-refractivity contribution >= 4 is 11.9 Å². The van der Waals surface area contributed by atoms with Gasteiger partial charge in [0.25, 0.3) is 0 Å². The Balaban J connectivity index is 2.11. The number of piperidine rings is 1. The molecule has 2 rings (SSSR count). The second kappa shape index (κ2) is 7.72. The van der Waals surface area contributed by atoms with Crippen molar-refractivity contribution in [2.24, 2.45) is 0 Å². The number of carboxylic acid groups (broad SMARTS) is 1. The van der Waals surface area contributed by atoms with Crippen molar-refractivity contribution in [1.29, 1.82) is 0 Å². The average molecular weight is 343 g/mol. The van der Waals surface area contributed by atoms with Gasteiger partial charge in [-0.1, -0.05) is 0 Å². The van der Waals surface area contributed by atoms with Gasteiger partial charge in [-0.05, 0) is 39.5 Å². The summed E-state index contributed by atoms with van der Waals surface area (Å²) in [6.07, 6.45) is 3.10. The molecular formula is C16H23F2N3O3. The monoisotopic (exact) mass is 343 g/mol. The van der Waals surface area contributed by atoms with Crippen molar-refractivity contribution in [3.8, 4) is 0 Å². The summed E-state index contributed by atoms with van der Waals surface area (Å²) in [5, 5.41) is 12.7. The number of alkyl halides is 2. The fourth-order valence-electron chi connectivity index (χ4n) is 3.31. The molecule has 1 aliphatic heterocycles. The minimum absolute atomic E-state index is 0.0218. The van der Waals surface area contributed by atoms with Crippen LogP contribution in [0.4, 0.5) is 8.78 Å². The van der Waals surface area contributed by atoms with Crippen molar-refractivity contribution in [3.05, 3.63) is 17.0 Å². The lowest BCUT2D eigenvalue weighted by atomic mass is 9.96. The molecule has 1 N–H and O–H groups in total. The molecule has 0 bridgehead atoms. The van der Waals surface area contributed by atoms with Crippen LogP contribution >= 0.6 is 0 Å². The van der Waals surface area contributed by atoms with E-state index in [1.807, 2.05) is 0 Å². The zero-order valence-electron chi connectivity index (χ0n) is 14.0. The summed E-state index contributed by atoms with van der Waals surface area (Å²) < 4.78 is 26.4. The van der Waals surface area contributed by atoms with Crippen LogP contribution in [-0.2, 0) is 16.0 Å². The molecule has 1 amide bonds. The maximum Gasteiger partial charge on any atom is 0.333 e. The number of nitrogens with zero attached hydrogens (tertiary/aromatic N) is 3. The quantitative estimate of drug-likeness (QED) is 0.862. The van der Waals surface area contributed by atoms with Crippen LogP contribution in [0.25, 0.3) is 0 Å². The molecule has 0 aromatic carbocycles. The van der Waals surface area contributed by atoms with Gasteiger partial charge in [0.2, 0.25) is 5.91 Å². The number of aliphatic carboxylic acids is 1. The molecular weight excluding hydrogens is 320 g/mol. The minimum Gasteiger partial charge on any atom is -0.481 e. The molecule has 6 nitrogen and oxygen atoms in total. The van der Waals surface area contributed by atoms with Gasteiger partial charge >= 0.3 is 12.5 Å². The van der Waals surface area contributed by atoms with Gasteiger partial charge in [0.05, 0.1) is 12.1 Å². The van der Waals surface area contributed by atoms with E-state index in [0.29, 0.717) is 34.6 Å². The number of carbonyl (C=O) groups is 2. The maximum atomic E-state index is 12.9. The number of rotatable bonds is 6. The van der Waals surface area contributed by atoms with Gasteiger partial charge in [0, 0.05) is 30.3 Å². The van der Waals surface area contributed by atoms with Crippen LogP contribution in [0.2, 0.25) is 0 Å². The first kappa shape index (κ1) is 18.4. The number of amides is 1. The molecule has 134 valence electrons. The predicted octanol–water partition coefficient (Wildman–Crippen LogP) is 2.68. The number of aromatic nitrogens is 2. The zero-order valence-corrected chi connectivity index (χ0v) is 14.0. The fourth-order valence-corrected chi connectivity index (χ4v) is 3.31. The van der Waals surface area contributed by atoms with Gasteiger partial charge in [-0.2, -0.15) is 13.9 Å². The summed E-state index contributed by atoms with van der Waals surface area (Å²) in [4.78, 5) is 25.2. The Labute approximate surface area is 139 Å². The van der Waals surface area contributed by atoms with Crippen LogP contribution < -0.4 is 0 Å². The Morgan fingerprint density at radius 3 is 2.62 bits per heavy atom. The molecule has 0 radical (unpaired) electrons. The van der Waals surface area contributed by atoms with Crippen LogP contribution in [0.1, 0.15) is 55.6 Å². The van der Waals surface area contributed by atoms with Crippen LogP contribution in [0.15, 0.2) is 0 Å². The summed E-state index contributed by atoms with van der Waals surface area (Å²) in [6, 6.07) is -0.0897. The first-order chi connectivity index (χ1) is 11.3. The van der Waals surface area contributed by atoms with Crippen LogP contribution in [0, 0.1) is 13.8 Å². The molecule has 1 saturated heterocycles. The highest BCUT2D eigenvalue weighted by Crippen LogP contribution is 2.24. The number of halogens is 2. The van der Waals surface area contributed by atoms with Gasteiger partial charge < -0.3 is 10.0 Å². The molecule has 1 atom stereocenters. The first-order valence-electron chi connectivity index (χ1n) is 8.15. The molecule has 1 fully saturated rings. The summed E-state index contributed by atoms with van der Waals surface area (Å²) in [5.74, 6) is -1.03. The largest absolute Gasteiger partial charge is 0.481 e. The van der Waals surface area contributed by atoms with E-state index in [2.05, 4.69) is 5.10 Å². The Morgan fingerprint density at radius 2 is 2.04 bits per heavy atom. The van der Waals surface area contributed by atoms with E-state index in [1.54, 1.807) is 11.8 Å². The van der Waals surface area contributed by atoms with Gasteiger partial charge in [-0.3, -0.25) is 9.59 Å². The smallest absolute Gasteiger partial charge is 0.333 e. The molecule has 1 aliphatic rings. The Bertz CT molecular complexity index is 616. The molecule has 8 heteroatoms. The number of aryl methyl sites for hydroxylation is 1. The van der Waals surface area contributed by atoms with Gasteiger partial charge in [0.1, 0.15) is 0 Å². The van der Waals surface area contributed by atoms with Crippen molar-refractivity contribution < 1.29 is 23.5 Å². The molecule has 24 heavy (non-hydrogen) atoms. The van der Waals surface area contributed by atoms with Gasteiger partial charge in [-0.25, -0.2) is 4.68 Å². The third kappa shape index (κ3) is 4.10.